The maximum Gasteiger partial charge on any atom is 0.274 e. The summed E-state index contributed by atoms with van der Waals surface area (Å²) in [5.41, 5.74) is 2.07. The van der Waals surface area contributed by atoms with Gasteiger partial charge in [-0.3, -0.25) is 4.79 Å². The van der Waals surface area contributed by atoms with Crippen molar-refractivity contribution in [2.45, 2.75) is 44.7 Å². The Morgan fingerprint density at radius 2 is 1.96 bits per heavy atom. The lowest BCUT2D eigenvalue weighted by Crippen LogP contribution is -2.38. The Morgan fingerprint density at radius 3 is 2.64 bits per heavy atom. The molecule has 2 aliphatic heterocycles. The molecule has 4 rings (SSSR count). The topological polar surface area (TPSA) is 72.3 Å². The van der Waals surface area contributed by atoms with Crippen molar-refractivity contribution in [2.75, 3.05) is 18.6 Å². The molecular formula is C20H24FN3O3S. The molecule has 0 N–H and O–H groups in total. The van der Waals surface area contributed by atoms with E-state index in [-0.39, 0.29) is 29.3 Å². The minimum atomic E-state index is -3.08. The molecule has 2 aromatic rings. The predicted octanol–water partition coefficient (Wildman–Crippen LogP) is 2.67. The number of carbonyl (C=O) groups is 1. The van der Waals surface area contributed by atoms with Gasteiger partial charge in [0.05, 0.1) is 17.2 Å². The Morgan fingerprint density at radius 1 is 1.21 bits per heavy atom. The standard InChI is InChI=1S/C20H24FN3O3S/c1-23(16-10-12-28(26,27)13-16)20(25)18-17-5-3-2-4-11-24(17)19(22-18)14-6-8-15(21)9-7-14/h6-9,16H,2-5,10-13H2,1H3/t16-/m1/s1. The molecule has 0 aliphatic carbocycles. The number of benzene rings is 1. The van der Waals surface area contributed by atoms with Crippen molar-refractivity contribution in [1.82, 2.24) is 14.5 Å². The maximum absolute atomic E-state index is 13.3. The summed E-state index contributed by atoms with van der Waals surface area (Å²) in [6.07, 6.45) is 4.28. The summed E-state index contributed by atoms with van der Waals surface area (Å²) in [4.78, 5) is 19.4. The van der Waals surface area contributed by atoms with Gasteiger partial charge in [0, 0.05) is 25.2 Å². The molecule has 8 heteroatoms. The van der Waals surface area contributed by atoms with Crippen molar-refractivity contribution in [3.05, 3.63) is 41.5 Å². The zero-order valence-electron chi connectivity index (χ0n) is 15.9. The third kappa shape index (κ3) is 3.57. The summed E-state index contributed by atoms with van der Waals surface area (Å²) in [7, 11) is -1.42. The zero-order valence-corrected chi connectivity index (χ0v) is 16.7. The average Bonchev–Trinajstić information content (AvgIpc) is 3.11. The van der Waals surface area contributed by atoms with E-state index in [1.807, 2.05) is 0 Å². The number of halogens is 1. The molecule has 1 fully saturated rings. The Hall–Kier alpha value is -2.22. The number of rotatable bonds is 3. The molecule has 0 bridgehead atoms. The van der Waals surface area contributed by atoms with Gasteiger partial charge in [0.25, 0.3) is 5.91 Å². The molecule has 3 heterocycles. The van der Waals surface area contributed by atoms with Crippen LogP contribution in [0.2, 0.25) is 0 Å². The summed E-state index contributed by atoms with van der Waals surface area (Å²) in [5, 5.41) is 0. The van der Waals surface area contributed by atoms with E-state index in [1.165, 1.54) is 17.0 Å². The van der Waals surface area contributed by atoms with Crippen LogP contribution in [0.25, 0.3) is 11.4 Å². The maximum atomic E-state index is 13.3. The lowest BCUT2D eigenvalue weighted by Gasteiger charge is -2.23. The van der Waals surface area contributed by atoms with Crippen molar-refractivity contribution in [3.8, 4) is 11.4 Å². The molecule has 1 amide bonds. The van der Waals surface area contributed by atoms with Gasteiger partial charge < -0.3 is 9.47 Å². The largest absolute Gasteiger partial charge is 0.336 e. The first-order valence-electron chi connectivity index (χ1n) is 9.68. The molecule has 150 valence electrons. The number of fused-ring (bicyclic) bond motifs is 1. The van der Waals surface area contributed by atoms with Crippen molar-refractivity contribution in [1.29, 1.82) is 0 Å². The van der Waals surface area contributed by atoms with E-state index in [0.717, 1.165) is 43.5 Å². The van der Waals surface area contributed by atoms with Gasteiger partial charge in [0.1, 0.15) is 17.3 Å². The molecule has 0 saturated carbocycles. The highest BCUT2D eigenvalue weighted by molar-refractivity contribution is 7.91. The molecule has 28 heavy (non-hydrogen) atoms. The fourth-order valence-corrected chi connectivity index (χ4v) is 5.90. The van der Waals surface area contributed by atoms with Gasteiger partial charge in [0.2, 0.25) is 0 Å². The van der Waals surface area contributed by atoms with E-state index < -0.39 is 9.84 Å². The van der Waals surface area contributed by atoms with Crippen LogP contribution in [0.3, 0.4) is 0 Å². The summed E-state index contributed by atoms with van der Waals surface area (Å²) >= 11 is 0. The third-order valence-electron chi connectivity index (χ3n) is 5.75. The van der Waals surface area contributed by atoms with E-state index in [2.05, 4.69) is 9.55 Å². The predicted molar refractivity (Wildman–Crippen MR) is 104 cm³/mol. The Labute approximate surface area is 164 Å². The SMILES string of the molecule is CN(C(=O)c1nc(-c2ccc(F)cc2)n2c1CCCCC2)[C@@H]1CCS(=O)(=O)C1. The zero-order chi connectivity index (χ0) is 19.9. The number of sulfone groups is 1. The summed E-state index contributed by atoms with van der Waals surface area (Å²) in [6.45, 7) is 0.768. The van der Waals surface area contributed by atoms with Gasteiger partial charge >= 0.3 is 0 Å². The smallest absolute Gasteiger partial charge is 0.274 e. The van der Waals surface area contributed by atoms with Crippen LogP contribution < -0.4 is 0 Å². The van der Waals surface area contributed by atoms with E-state index in [1.54, 1.807) is 19.2 Å². The van der Waals surface area contributed by atoms with Crippen LogP contribution in [-0.4, -0.2) is 53.4 Å². The first kappa shape index (κ1) is 19.1. The second-order valence-electron chi connectivity index (χ2n) is 7.67. The molecule has 1 saturated heterocycles. The summed E-state index contributed by atoms with van der Waals surface area (Å²) in [6, 6.07) is 5.83. The minimum Gasteiger partial charge on any atom is -0.336 e. The highest BCUT2D eigenvalue weighted by Gasteiger charge is 2.35. The highest BCUT2D eigenvalue weighted by Crippen LogP contribution is 2.29. The number of carbonyl (C=O) groups excluding carboxylic acids is 1. The fraction of sp³-hybridized carbons (Fsp3) is 0.500. The van der Waals surface area contributed by atoms with E-state index >= 15 is 0 Å². The highest BCUT2D eigenvalue weighted by atomic mass is 32.2. The Bertz CT molecular complexity index is 998. The van der Waals surface area contributed by atoms with Crippen LogP contribution in [0, 0.1) is 5.82 Å². The number of hydrogen-bond donors (Lipinski definition) is 0. The van der Waals surface area contributed by atoms with Crippen LogP contribution in [0.4, 0.5) is 4.39 Å². The first-order valence-corrected chi connectivity index (χ1v) is 11.5. The molecule has 1 aromatic heterocycles. The lowest BCUT2D eigenvalue weighted by molar-refractivity contribution is 0.0741. The molecule has 1 atom stereocenters. The Balaban J connectivity index is 1.72. The van der Waals surface area contributed by atoms with Gasteiger partial charge in [-0.2, -0.15) is 0 Å². The van der Waals surface area contributed by atoms with Crippen molar-refractivity contribution >= 4 is 15.7 Å². The van der Waals surface area contributed by atoms with E-state index in [4.69, 9.17) is 0 Å². The molecule has 1 aromatic carbocycles. The molecular weight excluding hydrogens is 381 g/mol. The Kier molecular flexibility index (Phi) is 4.99. The molecule has 0 unspecified atom stereocenters. The average molecular weight is 405 g/mol. The van der Waals surface area contributed by atoms with Gasteiger partial charge in [-0.05, 0) is 49.9 Å². The molecule has 0 spiro atoms. The summed E-state index contributed by atoms with van der Waals surface area (Å²) < 4.78 is 39.0. The van der Waals surface area contributed by atoms with Crippen LogP contribution in [0.15, 0.2) is 24.3 Å². The molecule has 0 radical (unpaired) electrons. The second-order valence-corrected chi connectivity index (χ2v) is 9.90. The summed E-state index contributed by atoms with van der Waals surface area (Å²) in [5.74, 6) is 0.256. The third-order valence-corrected chi connectivity index (χ3v) is 7.50. The quantitative estimate of drug-likeness (QED) is 0.787. The number of nitrogens with zero attached hydrogens (tertiary/aromatic N) is 3. The van der Waals surface area contributed by atoms with Crippen LogP contribution in [-0.2, 0) is 22.8 Å². The van der Waals surface area contributed by atoms with Crippen molar-refractivity contribution in [2.24, 2.45) is 0 Å². The van der Waals surface area contributed by atoms with Gasteiger partial charge in [-0.25, -0.2) is 17.8 Å². The lowest BCUT2D eigenvalue weighted by atomic mass is 10.1. The van der Waals surface area contributed by atoms with E-state index in [9.17, 15) is 17.6 Å². The first-order chi connectivity index (χ1) is 13.4. The number of hydrogen-bond acceptors (Lipinski definition) is 4. The molecule has 6 nitrogen and oxygen atoms in total. The molecule has 2 aliphatic rings. The number of amides is 1. The van der Waals surface area contributed by atoms with Crippen molar-refractivity contribution in [3.63, 3.8) is 0 Å². The van der Waals surface area contributed by atoms with Crippen molar-refractivity contribution < 1.29 is 17.6 Å². The fourth-order valence-electron chi connectivity index (χ4n) is 4.12. The van der Waals surface area contributed by atoms with Crippen LogP contribution >= 0.6 is 0 Å². The number of imidazole rings is 1. The van der Waals surface area contributed by atoms with E-state index in [0.29, 0.717) is 17.9 Å². The van der Waals surface area contributed by atoms with Gasteiger partial charge in [0.15, 0.2) is 9.84 Å². The van der Waals surface area contributed by atoms with Crippen LogP contribution in [0.5, 0.6) is 0 Å². The monoisotopic (exact) mass is 405 g/mol. The number of aromatic nitrogens is 2. The van der Waals surface area contributed by atoms with Crippen LogP contribution in [0.1, 0.15) is 41.9 Å². The van der Waals surface area contributed by atoms with Gasteiger partial charge in [-0.15, -0.1) is 0 Å². The van der Waals surface area contributed by atoms with Gasteiger partial charge in [-0.1, -0.05) is 6.42 Å². The normalized spacial score (nSPS) is 21.1. The second kappa shape index (κ2) is 7.31. The minimum absolute atomic E-state index is 0.0100.